The van der Waals surface area contributed by atoms with Crippen LogP contribution in [0.15, 0.2) is 29.1 Å². The predicted octanol–water partition coefficient (Wildman–Crippen LogP) is 4.72. The number of H-pyrrole nitrogens is 1. The van der Waals surface area contributed by atoms with Crippen LogP contribution in [0.25, 0.3) is 17.0 Å². The van der Waals surface area contributed by atoms with Crippen molar-refractivity contribution in [2.45, 2.75) is 75.9 Å². The number of aromatic nitrogens is 4. The average Bonchev–Trinajstić information content (AvgIpc) is 3.34. The van der Waals surface area contributed by atoms with Gasteiger partial charge in [0.2, 0.25) is 10.5 Å². The van der Waals surface area contributed by atoms with Crippen molar-refractivity contribution in [1.29, 1.82) is 0 Å². The van der Waals surface area contributed by atoms with Gasteiger partial charge < -0.3 is 4.74 Å². The fourth-order valence-corrected chi connectivity index (χ4v) is 6.61. The predicted molar refractivity (Wildman–Crippen MR) is 122 cm³/mol. The van der Waals surface area contributed by atoms with E-state index in [0.29, 0.717) is 17.2 Å². The highest BCUT2D eigenvalue weighted by Crippen LogP contribution is 2.50. The summed E-state index contributed by atoms with van der Waals surface area (Å²) < 4.78 is 10.5. The van der Waals surface area contributed by atoms with Crippen LogP contribution >= 0.6 is 12.2 Å². The van der Waals surface area contributed by atoms with Crippen molar-refractivity contribution in [3.05, 3.63) is 50.5 Å². The molecule has 2 aliphatic carbocycles. The summed E-state index contributed by atoms with van der Waals surface area (Å²) >= 11 is 5.72. The smallest absolute Gasteiger partial charge is 0.259 e. The Balaban J connectivity index is 1.73. The first-order valence-corrected chi connectivity index (χ1v) is 11.8. The molecule has 3 aliphatic rings. The summed E-state index contributed by atoms with van der Waals surface area (Å²) in [6, 6.07) is 8.54. The van der Waals surface area contributed by atoms with Gasteiger partial charge in [-0.25, -0.2) is 5.10 Å². The molecule has 2 aromatic heterocycles. The van der Waals surface area contributed by atoms with Gasteiger partial charge in [0.05, 0.1) is 11.3 Å². The van der Waals surface area contributed by atoms with Crippen LogP contribution in [0, 0.1) is 4.77 Å². The number of nitrogens with zero attached hydrogens (tertiary/aromatic N) is 3. The van der Waals surface area contributed by atoms with Gasteiger partial charge in [0.25, 0.3) is 5.56 Å². The second-order valence-electron chi connectivity index (χ2n) is 10.1. The molecular formula is C24H28N4O2S. The first-order valence-electron chi connectivity index (χ1n) is 11.4. The molecule has 0 bridgehead atoms. The first kappa shape index (κ1) is 19.4. The molecule has 0 unspecified atom stereocenters. The second kappa shape index (κ2) is 6.62. The van der Waals surface area contributed by atoms with Gasteiger partial charge in [-0.1, -0.05) is 37.1 Å². The molecule has 1 aliphatic heterocycles. The number of benzene rings is 1. The highest BCUT2D eigenvalue weighted by molar-refractivity contribution is 7.71. The minimum Gasteiger partial charge on any atom is -0.375 e. The Morgan fingerprint density at radius 2 is 2.00 bits per heavy atom. The maximum Gasteiger partial charge on any atom is 0.259 e. The molecule has 6 nitrogen and oxygen atoms in total. The van der Waals surface area contributed by atoms with Crippen molar-refractivity contribution < 1.29 is 4.74 Å². The van der Waals surface area contributed by atoms with Crippen LogP contribution in [0.2, 0.25) is 0 Å². The normalized spacial score (nSPS) is 23.7. The topological polar surface area (TPSA) is 64.3 Å². The third kappa shape index (κ3) is 2.75. The number of aromatic amines is 1. The van der Waals surface area contributed by atoms with Crippen molar-refractivity contribution >= 4 is 18.0 Å². The lowest BCUT2D eigenvalue weighted by atomic mass is 9.68. The molecule has 1 saturated carbocycles. The van der Waals surface area contributed by atoms with E-state index < -0.39 is 0 Å². The van der Waals surface area contributed by atoms with Gasteiger partial charge in [-0.05, 0) is 63.7 Å². The van der Waals surface area contributed by atoms with Crippen LogP contribution in [0.1, 0.15) is 69.5 Å². The maximum absolute atomic E-state index is 14.3. The molecule has 162 valence electrons. The standard InChI is InChI=1S/C24H28N4O2S/c1-23(2)14-16(9-12-30-23)27-20(29)18-19(28-21(27)25-26-22(28)31)17-8-4-3-7-15(17)13-24(18)10-5-6-11-24/h3-4,7-8,16H,5-6,9-14H2,1-2H3,(H,26,31)/t16-/m0/s1. The van der Waals surface area contributed by atoms with Gasteiger partial charge in [-0.15, -0.1) is 5.10 Å². The highest BCUT2D eigenvalue weighted by Gasteiger charge is 2.46. The van der Waals surface area contributed by atoms with Crippen molar-refractivity contribution in [2.24, 2.45) is 0 Å². The van der Waals surface area contributed by atoms with Crippen molar-refractivity contribution in [2.75, 3.05) is 6.61 Å². The van der Waals surface area contributed by atoms with E-state index in [0.717, 1.165) is 48.9 Å². The molecule has 1 atom stereocenters. The average molecular weight is 437 g/mol. The Kier molecular flexibility index (Phi) is 4.15. The van der Waals surface area contributed by atoms with E-state index >= 15 is 0 Å². The monoisotopic (exact) mass is 436 g/mol. The molecule has 1 saturated heterocycles. The van der Waals surface area contributed by atoms with E-state index in [2.05, 4.69) is 48.3 Å². The van der Waals surface area contributed by atoms with Gasteiger partial charge in [0.1, 0.15) is 0 Å². The molecule has 0 amide bonds. The number of hydrogen-bond acceptors (Lipinski definition) is 4. The molecule has 31 heavy (non-hydrogen) atoms. The quantitative estimate of drug-likeness (QED) is 0.561. The minimum atomic E-state index is -0.264. The first-order chi connectivity index (χ1) is 14.9. The summed E-state index contributed by atoms with van der Waals surface area (Å²) in [5, 5.41) is 7.55. The molecule has 3 aromatic rings. The van der Waals surface area contributed by atoms with E-state index in [4.69, 9.17) is 17.0 Å². The van der Waals surface area contributed by atoms with Gasteiger partial charge in [-0.2, -0.15) is 0 Å². The number of fused-ring (bicyclic) bond motifs is 6. The summed E-state index contributed by atoms with van der Waals surface area (Å²) in [6.45, 7) is 4.85. The van der Waals surface area contributed by atoms with Gasteiger partial charge in [0, 0.05) is 29.2 Å². The van der Waals surface area contributed by atoms with E-state index in [1.165, 1.54) is 18.4 Å². The summed E-state index contributed by atoms with van der Waals surface area (Å²) in [7, 11) is 0. The maximum atomic E-state index is 14.3. The Bertz CT molecular complexity index is 1310. The Labute approximate surface area is 186 Å². The molecule has 3 heterocycles. The lowest BCUT2D eigenvalue weighted by molar-refractivity contribution is -0.0691. The minimum absolute atomic E-state index is 0.0462. The third-order valence-corrected chi connectivity index (χ3v) is 7.97. The zero-order chi connectivity index (χ0) is 21.4. The van der Waals surface area contributed by atoms with Gasteiger partial charge in [-0.3, -0.25) is 13.8 Å². The van der Waals surface area contributed by atoms with Crippen molar-refractivity contribution in [3.63, 3.8) is 0 Å². The van der Waals surface area contributed by atoms with E-state index in [-0.39, 0.29) is 22.6 Å². The van der Waals surface area contributed by atoms with Crippen LogP contribution < -0.4 is 5.56 Å². The second-order valence-corrected chi connectivity index (χ2v) is 10.5. The van der Waals surface area contributed by atoms with Crippen LogP contribution in [-0.4, -0.2) is 31.4 Å². The van der Waals surface area contributed by atoms with E-state index in [9.17, 15) is 4.79 Å². The Hall–Kier alpha value is -2.25. The summed E-state index contributed by atoms with van der Waals surface area (Å²) in [5.74, 6) is 0.626. The molecule has 1 aromatic carbocycles. The molecular weight excluding hydrogens is 408 g/mol. The van der Waals surface area contributed by atoms with Crippen molar-refractivity contribution in [1.82, 2.24) is 19.2 Å². The Morgan fingerprint density at radius 3 is 2.77 bits per heavy atom. The number of hydrogen-bond donors (Lipinski definition) is 1. The van der Waals surface area contributed by atoms with Crippen LogP contribution in [-0.2, 0) is 16.6 Å². The van der Waals surface area contributed by atoms with Crippen LogP contribution in [0.5, 0.6) is 0 Å². The Morgan fingerprint density at radius 1 is 1.23 bits per heavy atom. The number of ether oxygens (including phenoxy) is 1. The van der Waals surface area contributed by atoms with Gasteiger partial charge >= 0.3 is 0 Å². The highest BCUT2D eigenvalue weighted by atomic mass is 32.1. The van der Waals surface area contributed by atoms with Crippen molar-refractivity contribution in [3.8, 4) is 11.3 Å². The molecule has 6 rings (SSSR count). The molecule has 1 N–H and O–H groups in total. The molecule has 1 spiro atoms. The van der Waals surface area contributed by atoms with E-state index in [1.807, 2.05) is 8.97 Å². The summed E-state index contributed by atoms with van der Waals surface area (Å²) in [6.07, 6.45) is 6.96. The number of nitrogens with one attached hydrogen (secondary N) is 1. The van der Waals surface area contributed by atoms with Crippen LogP contribution in [0.3, 0.4) is 0 Å². The van der Waals surface area contributed by atoms with E-state index in [1.54, 1.807) is 0 Å². The third-order valence-electron chi connectivity index (χ3n) is 7.69. The molecule has 2 fully saturated rings. The number of rotatable bonds is 1. The van der Waals surface area contributed by atoms with Crippen LogP contribution in [0.4, 0.5) is 0 Å². The summed E-state index contributed by atoms with van der Waals surface area (Å²) in [5.41, 5.74) is 4.10. The lowest BCUT2D eigenvalue weighted by Crippen LogP contribution is -2.44. The molecule has 0 radical (unpaired) electrons. The fraction of sp³-hybridized carbons (Fsp3) is 0.542. The SMILES string of the molecule is CC1(C)C[C@@H](n2c(=O)c3c(n4c(=S)[nH]nc24)-c2ccccc2CC32CCCC2)CCO1. The zero-order valence-corrected chi connectivity index (χ0v) is 18.9. The summed E-state index contributed by atoms with van der Waals surface area (Å²) in [4.78, 5) is 14.3. The lowest BCUT2D eigenvalue weighted by Gasteiger charge is -2.39. The zero-order valence-electron chi connectivity index (χ0n) is 18.1. The molecule has 7 heteroatoms. The largest absolute Gasteiger partial charge is 0.375 e. The fourth-order valence-electron chi connectivity index (χ4n) is 6.40. The van der Waals surface area contributed by atoms with Gasteiger partial charge in [0.15, 0.2) is 0 Å².